The topological polar surface area (TPSA) is 52.9 Å². The summed E-state index contributed by atoms with van der Waals surface area (Å²) in [7, 11) is 1.64. The van der Waals surface area contributed by atoms with E-state index in [0.29, 0.717) is 19.4 Å². The van der Waals surface area contributed by atoms with Gasteiger partial charge in [-0.3, -0.25) is 0 Å². The Balaban J connectivity index is 1.38. The Hall–Kier alpha value is -2.40. The second-order valence-corrected chi connectivity index (χ2v) is 7.68. The van der Waals surface area contributed by atoms with E-state index in [4.69, 9.17) is 4.74 Å². The van der Waals surface area contributed by atoms with Crippen LogP contribution in [-0.4, -0.2) is 41.9 Å². The molecule has 0 aromatic heterocycles. The van der Waals surface area contributed by atoms with Gasteiger partial charge in [0, 0.05) is 19.6 Å². The first-order valence-electron chi connectivity index (χ1n) is 9.83. The molecule has 3 aromatic carbocycles. The second-order valence-electron chi connectivity index (χ2n) is 7.68. The Morgan fingerprint density at radius 3 is 2.32 bits per heavy atom. The smallest absolute Gasteiger partial charge is 0.118 e. The number of piperidine rings is 1. The molecule has 0 spiro atoms. The minimum Gasteiger partial charge on any atom is -0.497 e. The summed E-state index contributed by atoms with van der Waals surface area (Å²) in [6, 6.07) is 22.0. The third-order valence-electron chi connectivity index (χ3n) is 5.90. The summed E-state index contributed by atoms with van der Waals surface area (Å²) in [6.07, 6.45) is 0.782. The number of benzene rings is 3. The molecular formula is C24H27NO3. The highest BCUT2D eigenvalue weighted by molar-refractivity contribution is 5.83. The second kappa shape index (κ2) is 7.92. The molecule has 0 amide bonds. The van der Waals surface area contributed by atoms with Gasteiger partial charge in [-0.05, 0) is 52.9 Å². The van der Waals surface area contributed by atoms with Crippen LogP contribution < -0.4 is 4.74 Å². The number of aliphatic hydroxyl groups is 2. The van der Waals surface area contributed by atoms with Crippen molar-refractivity contribution in [3.05, 3.63) is 77.9 Å². The Bertz CT molecular complexity index is 930. The van der Waals surface area contributed by atoms with Gasteiger partial charge in [-0.2, -0.15) is 0 Å². The van der Waals surface area contributed by atoms with Crippen LogP contribution in [0.3, 0.4) is 0 Å². The molecule has 146 valence electrons. The van der Waals surface area contributed by atoms with Gasteiger partial charge in [0.05, 0.1) is 18.8 Å². The SMILES string of the molecule is COc1ccc(C2(O)CCN(CC(O)c3ccc4ccccc4c3)CC2)cc1. The lowest BCUT2D eigenvalue weighted by atomic mass is 9.84. The Morgan fingerprint density at radius 2 is 1.64 bits per heavy atom. The maximum atomic E-state index is 11.1. The van der Waals surface area contributed by atoms with Gasteiger partial charge in [-0.1, -0.05) is 48.5 Å². The molecule has 0 bridgehead atoms. The standard InChI is InChI=1S/C24H27NO3/c1-28-22-10-8-21(9-11-22)24(27)12-14-25(15-13-24)17-23(26)20-7-6-18-4-2-3-5-19(18)16-20/h2-11,16,23,26-27H,12-15,17H2,1H3. The fraction of sp³-hybridized carbons (Fsp3) is 0.333. The fourth-order valence-electron chi connectivity index (χ4n) is 4.06. The number of hydrogen-bond acceptors (Lipinski definition) is 4. The average Bonchev–Trinajstić information content (AvgIpc) is 2.75. The van der Waals surface area contributed by atoms with E-state index in [1.807, 2.05) is 42.5 Å². The van der Waals surface area contributed by atoms with Crippen LogP contribution in [-0.2, 0) is 5.60 Å². The van der Waals surface area contributed by atoms with E-state index < -0.39 is 11.7 Å². The molecule has 4 heteroatoms. The van der Waals surface area contributed by atoms with Crippen LogP contribution >= 0.6 is 0 Å². The van der Waals surface area contributed by atoms with E-state index in [9.17, 15) is 10.2 Å². The van der Waals surface area contributed by atoms with E-state index in [0.717, 1.165) is 35.4 Å². The number of likely N-dealkylation sites (tertiary alicyclic amines) is 1. The monoisotopic (exact) mass is 377 g/mol. The molecule has 0 radical (unpaired) electrons. The number of aliphatic hydroxyl groups excluding tert-OH is 1. The summed E-state index contributed by atoms with van der Waals surface area (Å²) in [5.74, 6) is 0.795. The molecule has 1 heterocycles. The molecule has 1 aliphatic heterocycles. The van der Waals surface area contributed by atoms with E-state index in [1.165, 1.54) is 5.39 Å². The molecule has 3 aromatic rings. The van der Waals surface area contributed by atoms with Gasteiger partial charge in [0.2, 0.25) is 0 Å². The van der Waals surface area contributed by atoms with Crippen molar-refractivity contribution in [2.75, 3.05) is 26.7 Å². The number of fused-ring (bicyclic) bond motifs is 1. The summed E-state index contributed by atoms with van der Waals surface area (Å²) in [4.78, 5) is 2.23. The summed E-state index contributed by atoms with van der Waals surface area (Å²) in [5.41, 5.74) is 1.06. The molecule has 1 unspecified atom stereocenters. The van der Waals surface area contributed by atoms with E-state index in [-0.39, 0.29) is 0 Å². The molecule has 0 aliphatic carbocycles. The number of β-amino-alcohol motifs (C(OH)–C–C–N with tert-alkyl or cyclic N) is 1. The maximum absolute atomic E-state index is 11.1. The maximum Gasteiger partial charge on any atom is 0.118 e. The van der Waals surface area contributed by atoms with Crippen LogP contribution in [0, 0.1) is 0 Å². The molecule has 1 fully saturated rings. The molecular weight excluding hydrogens is 350 g/mol. The van der Waals surface area contributed by atoms with Crippen LogP contribution in [0.15, 0.2) is 66.7 Å². The van der Waals surface area contributed by atoms with Gasteiger partial charge in [-0.15, -0.1) is 0 Å². The van der Waals surface area contributed by atoms with Crippen LogP contribution in [0.2, 0.25) is 0 Å². The van der Waals surface area contributed by atoms with Crippen molar-refractivity contribution in [1.82, 2.24) is 4.90 Å². The highest BCUT2D eigenvalue weighted by Crippen LogP contribution is 2.34. The molecule has 1 saturated heterocycles. The molecule has 28 heavy (non-hydrogen) atoms. The quantitative estimate of drug-likeness (QED) is 0.709. The van der Waals surface area contributed by atoms with Crippen LogP contribution in [0.5, 0.6) is 5.75 Å². The highest BCUT2D eigenvalue weighted by atomic mass is 16.5. The van der Waals surface area contributed by atoms with Crippen molar-refractivity contribution in [2.24, 2.45) is 0 Å². The van der Waals surface area contributed by atoms with Crippen molar-refractivity contribution < 1.29 is 14.9 Å². The Morgan fingerprint density at radius 1 is 0.964 bits per heavy atom. The molecule has 4 rings (SSSR count). The first kappa shape index (κ1) is 18.9. The van der Waals surface area contributed by atoms with Crippen LogP contribution in [0.4, 0.5) is 0 Å². The molecule has 1 atom stereocenters. The van der Waals surface area contributed by atoms with Crippen molar-refractivity contribution in [3.63, 3.8) is 0 Å². The molecule has 4 nitrogen and oxygen atoms in total. The summed E-state index contributed by atoms with van der Waals surface area (Å²) >= 11 is 0. The van der Waals surface area contributed by atoms with Crippen molar-refractivity contribution in [1.29, 1.82) is 0 Å². The zero-order valence-electron chi connectivity index (χ0n) is 16.2. The summed E-state index contributed by atoms with van der Waals surface area (Å²) in [6.45, 7) is 2.09. The van der Waals surface area contributed by atoms with Crippen LogP contribution in [0.1, 0.15) is 30.1 Å². The summed E-state index contributed by atoms with van der Waals surface area (Å²) < 4.78 is 5.20. The number of rotatable bonds is 5. The van der Waals surface area contributed by atoms with Gasteiger partial charge >= 0.3 is 0 Å². The third-order valence-corrected chi connectivity index (χ3v) is 5.90. The number of hydrogen-bond donors (Lipinski definition) is 2. The minimum absolute atomic E-state index is 0.531. The molecule has 2 N–H and O–H groups in total. The molecule has 0 saturated carbocycles. The predicted molar refractivity (Wildman–Crippen MR) is 111 cm³/mol. The van der Waals surface area contributed by atoms with Gasteiger partial charge in [0.15, 0.2) is 0 Å². The largest absolute Gasteiger partial charge is 0.497 e. The Kier molecular flexibility index (Phi) is 5.36. The number of methoxy groups -OCH3 is 1. The van der Waals surface area contributed by atoms with Crippen LogP contribution in [0.25, 0.3) is 10.8 Å². The van der Waals surface area contributed by atoms with Crippen molar-refractivity contribution in [2.45, 2.75) is 24.5 Å². The van der Waals surface area contributed by atoms with Gasteiger partial charge < -0.3 is 19.8 Å². The number of nitrogens with zero attached hydrogens (tertiary/aromatic N) is 1. The predicted octanol–water partition coefficient (Wildman–Crippen LogP) is 3.87. The van der Waals surface area contributed by atoms with Gasteiger partial charge in [0.25, 0.3) is 0 Å². The first-order valence-corrected chi connectivity index (χ1v) is 9.83. The molecule has 1 aliphatic rings. The lowest BCUT2D eigenvalue weighted by molar-refractivity contribution is -0.0344. The highest BCUT2D eigenvalue weighted by Gasteiger charge is 2.34. The lowest BCUT2D eigenvalue weighted by Crippen LogP contribution is -2.43. The number of ether oxygens (including phenoxy) is 1. The third kappa shape index (κ3) is 3.90. The lowest BCUT2D eigenvalue weighted by Gasteiger charge is -2.39. The Labute approximate surface area is 166 Å². The van der Waals surface area contributed by atoms with Gasteiger partial charge in [-0.25, -0.2) is 0 Å². The van der Waals surface area contributed by atoms with E-state index in [1.54, 1.807) is 7.11 Å². The van der Waals surface area contributed by atoms with E-state index >= 15 is 0 Å². The first-order chi connectivity index (χ1) is 13.6. The fourth-order valence-corrected chi connectivity index (χ4v) is 4.06. The zero-order valence-corrected chi connectivity index (χ0v) is 16.2. The van der Waals surface area contributed by atoms with E-state index in [2.05, 4.69) is 29.2 Å². The van der Waals surface area contributed by atoms with Crippen molar-refractivity contribution >= 4 is 10.8 Å². The average molecular weight is 377 g/mol. The summed E-state index contributed by atoms with van der Waals surface area (Å²) in [5, 5.41) is 24.1. The van der Waals surface area contributed by atoms with Crippen molar-refractivity contribution in [3.8, 4) is 5.75 Å². The van der Waals surface area contributed by atoms with Gasteiger partial charge in [0.1, 0.15) is 5.75 Å². The minimum atomic E-state index is -0.809. The normalized spacial score (nSPS) is 18.1. The zero-order chi connectivity index (χ0) is 19.6.